The van der Waals surface area contributed by atoms with Crippen molar-refractivity contribution in [1.29, 1.82) is 0 Å². The van der Waals surface area contributed by atoms with Crippen molar-refractivity contribution in [3.05, 3.63) is 81.4 Å². The molecular weight excluding hydrogens is 466 g/mol. The zero-order chi connectivity index (χ0) is 23.5. The number of carboxylic acid groups (broad SMARTS) is 1. The van der Waals surface area contributed by atoms with Crippen molar-refractivity contribution in [2.45, 2.75) is 6.92 Å². The first-order valence-corrected chi connectivity index (χ1v) is 11.1. The molecule has 9 heteroatoms. The van der Waals surface area contributed by atoms with Crippen molar-refractivity contribution in [3.8, 4) is 17.1 Å². The van der Waals surface area contributed by atoms with E-state index in [1.165, 1.54) is 18.2 Å². The van der Waals surface area contributed by atoms with Crippen LogP contribution in [0.15, 0.2) is 63.9 Å². The summed E-state index contributed by atoms with van der Waals surface area (Å²) in [5.74, 6) is -0.0127. The van der Waals surface area contributed by atoms with Crippen LogP contribution in [0, 0.1) is 6.92 Å². The number of hydrogen-bond acceptors (Lipinski definition) is 6. The van der Waals surface area contributed by atoms with Gasteiger partial charge < -0.3 is 14.3 Å². The lowest BCUT2D eigenvalue weighted by molar-refractivity contribution is -0.123. The fourth-order valence-corrected chi connectivity index (χ4v) is 4.17. The van der Waals surface area contributed by atoms with Crippen molar-refractivity contribution in [2.24, 2.45) is 0 Å². The summed E-state index contributed by atoms with van der Waals surface area (Å²) < 4.78 is 11.4. The Labute approximate surface area is 198 Å². The molecule has 2 heterocycles. The van der Waals surface area contributed by atoms with Gasteiger partial charge in [0.15, 0.2) is 0 Å². The smallest absolute Gasteiger partial charge is 0.335 e. The monoisotopic (exact) mass is 483 g/mol. The molecule has 3 aromatic rings. The molecule has 1 saturated heterocycles. The minimum atomic E-state index is -1.03. The summed E-state index contributed by atoms with van der Waals surface area (Å²) in [6.45, 7) is 2.10. The molecule has 0 atom stereocenters. The fraction of sp³-hybridized carbons (Fsp3) is 0.125. The van der Waals surface area contributed by atoms with Crippen LogP contribution < -0.4 is 4.74 Å². The third kappa shape index (κ3) is 5.13. The first-order chi connectivity index (χ1) is 15.8. The summed E-state index contributed by atoms with van der Waals surface area (Å²) >= 11 is 6.67. The molecule has 0 unspecified atom stereocenters. The predicted molar refractivity (Wildman–Crippen MR) is 125 cm³/mol. The SMILES string of the molecule is Cc1ccc(C(=O)O)cc1-c1ccc(/C=C2\SC(=O)N(CCOc3ccc(Cl)cc3)C2=O)o1. The van der Waals surface area contributed by atoms with E-state index in [0.717, 1.165) is 22.2 Å². The molecule has 2 aromatic carbocycles. The van der Waals surface area contributed by atoms with Gasteiger partial charge in [-0.1, -0.05) is 17.7 Å². The Kier molecular flexibility index (Phi) is 6.57. The van der Waals surface area contributed by atoms with Crippen molar-refractivity contribution in [3.63, 3.8) is 0 Å². The topological polar surface area (TPSA) is 97.0 Å². The number of furan rings is 1. The molecule has 0 saturated carbocycles. The standard InChI is InChI=1S/C24H18ClNO6S/c1-14-2-3-15(23(28)29)12-19(14)20-9-8-18(32-20)13-21-22(27)26(24(30)33-21)10-11-31-17-6-4-16(25)5-7-17/h2-9,12-13H,10-11H2,1H3,(H,28,29)/b21-13-. The average Bonchev–Trinajstić information content (AvgIpc) is 3.35. The first-order valence-electron chi connectivity index (χ1n) is 9.90. The number of hydrogen-bond donors (Lipinski definition) is 1. The van der Waals surface area contributed by atoms with Crippen LogP contribution in [0.5, 0.6) is 5.75 Å². The number of carboxylic acids is 1. The highest BCUT2D eigenvalue weighted by Crippen LogP contribution is 2.34. The van der Waals surface area contributed by atoms with E-state index in [1.807, 2.05) is 6.92 Å². The summed E-state index contributed by atoms with van der Waals surface area (Å²) in [5, 5.41) is 9.43. The normalized spacial score (nSPS) is 14.8. The van der Waals surface area contributed by atoms with E-state index in [0.29, 0.717) is 27.9 Å². The minimum absolute atomic E-state index is 0.106. The van der Waals surface area contributed by atoms with Crippen LogP contribution >= 0.6 is 23.4 Å². The van der Waals surface area contributed by atoms with Crippen LogP contribution in [0.4, 0.5) is 4.79 Å². The quantitative estimate of drug-likeness (QED) is 0.429. The van der Waals surface area contributed by atoms with Gasteiger partial charge in [-0.25, -0.2) is 4.79 Å². The number of benzene rings is 2. The number of aromatic carboxylic acids is 1. The second-order valence-electron chi connectivity index (χ2n) is 7.17. The summed E-state index contributed by atoms with van der Waals surface area (Å²) in [6.07, 6.45) is 1.50. The molecule has 1 fully saturated rings. The number of rotatable bonds is 7. The lowest BCUT2D eigenvalue weighted by Gasteiger charge is -2.13. The molecule has 1 aliphatic rings. The van der Waals surface area contributed by atoms with Gasteiger partial charge >= 0.3 is 5.97 Å². The molecule has 168 valence electrons. The Morgan fingerprint density at radius 3 is 2.64 bits per heavy atom. The highest BCUT2D eigenvalue weighted by Gasteiger charge is 2.35. The number of thioether (sulfide) groups is 1. The molecule has 2 amide bonds. The van der Waals surface area contributed by atoms with Gasteiger partial charge in [-0.2, -0.15) is 0 Å². The minimum Gasteiger partial charge on any atom is -0.492 e. The Morgan fingerprint density at radius 1 is 1.15 bits per heavy atom. The average molecular weight is 484 g/mol. The van der Waals surface area contributed by atoms with E-state index in [2.05, 4.69) is 0 Å². The Morgan fingerprint density at radius 2 is 1.91 bits per heavy atom. The lowest BCUT2D eigenvalue weighted by Crippen LogP contribution is -2.32. The third-order valence-electron chi connectivity index (χ3n) is 4.92. The van der Waals surface area contributed by atoms with Crippen molar-refractivity contribution < 1.29 is 28.6 Å². The fourth-order valence-electron chi connectivity index (χ4n) is 3.20. The van der Waals surface area contributed by atoms with E-state index in [4.69, 9.17) is 20.8 Å². The number of amides is 2. The largest absolute Gasteiger partial charge is 0.492 e. The van der Waals surface area contributed by atoms with Crippen molar-refractivity contribution >= 4 is 46.6 Å². The summed E-state index contributed by atoms with van der Waals surface area (Å²) in [4.78, 5) is 37.6. The van der Waals surface area contributed by atoms with Gasteiger partial charge in [0.2, 0.25) is 0 Å². The van der Waals surface area contributed by atoms with Crippen LogP contribution in [0.1, 0.15) is 21.7 Å². The number of aryl methyl sites for hydroxylation is 1. The maximum atomic E-state index is 12.7. The molecule has 7 nitrogen and oxygen atoms in total. The number of carbonyl (C=O) groups is 3. The second-order valence-corrected chi connectivity index (χ2v) is 8.60. The lowest BCUT2D eigenvalue weighted by atomic mass is 10.0. The molecule has 0 aliphatic carbocycles. The number of halogens is 1. The highest BCUT2D eigenvalue weighted by molar-refractivity contribution is 8.18. The zero-order valence-electron chi connectivity index (χ0n) is 17.4. The van der Waals surface area contributed by atoms with Gasteiger partial charge in [-0.15, -0.1) is 0 Å². The third-order valence-corrected chi connectivity index (χ3v) is 6.08. The van der Waals surface area contributed by atoms with Crippen LogP contribution in [-0.4, -0.2) is 40.3 Å². The van der Waals surface area contributed by atoms with Crippen LogP contribution in [0.2, 0.25) is 5.02 Å². The summed E-state index contributed by atoms with van der Waals surface area (Å²) in [5.41, 5.74) is 1.64. The van der Waals surface area contributed by atoms with Gasteiger partial charge in [0.05, 0.1) is 17.0 Å². The van der Waals surface area contributed by atoms with Crippen LogP contribution in [-0.2, 0) is 4.79 Å². The molecule has 1 aliphatic heterocycles. The van der Waals surface area contributed by atoms with Crippen molar-refractivity contribution in [1.82, 2.24) is 4.90 Å². The molecule has 0 bridgehead atoms. The van der Waals surface area contributed by atoms with Gasteiger partial charge in [0.25, 0.3) is 11.1 Å². The molecule has 1 aromatic heterocycles. The Hall–Kier alpha value is -3.49. The van der Waals surface area contributed by atoms with E-state index in [1.54, 1.807) is 42.5 Å². The summed E-state index contributed by atoms with van der Waals surface area (Å²) in [7, 11) is 0. The first kappa shape index (κ1) is 22.7. The zero-order valence-corrected chi connectivity index (χ0v) is 19.0. The van der Waals surface area contributed by atoms with Gasteiger partial charge in [0.1, 0.15) is 23.9 Å². The molecule has 0 spiro atoms. The maximum absolute atomic E-state index is 12.7. The van der Waals surface area contributed by atoms with Crippen LogP contribution in [0.3, 0.4) is 0 Å². The molecule has 4 rings (SSSR count). The van der Waals surface area contributed by atoms with Gasteiger partial charge in [-0.3, -0.25) is 14.5 Å². The number of nitrogens with zero attached hydrogens (tertiary/aromatic N) is 1. The molecular formula is C24H18ClNO6S. The maximum Gasteiger partial charge on any atom is 0.335 e. The highest BCUT2D eigenvalue weighted by atomic mass is 35.5. The van der Waals surface area contributed by atoms with Gasteiger partial charge in [-0.05, 0) is 72.8 Å². The number of carbonyl (C=O) groups excluding carboxylic acids is 2. The predicted octanol–water partition coefficient (Wildman–Crippen LogP) is 5.72. The van der Waals surface area contributed by atoms with Gasteiger partial charge in [0, 0.05) is 16.7 Å². The van der Waals surface area contributed by atoms with E-state index in [9.17, 15) is 19.5 Å². The molecule has 33 heavy (non-hydrogen) atoms. The van der Waals surface area contributed by atoms with E-state index in [-0.39, 0.29) is 28.9 Å². The molecule has 0 radical (unpaired) electrons. The summed E-state index contributed by atoms with van der Waals surface area (Å²) in [6, 6.07) is 14.9. The second kappa shape index (κ2) is 9.56. The Bertz CT molecular complexity index is 1260. The van der Waals surface area contributed by atoms with Crippen molar-refractivity contribution in [2.75, 3.05) is 13.2 Å². The molecule has 1 N–H and O–H groups in total. The van der Waals surface area contributed by atoms with E-state index >= 15 is 0 Å². The van der Waals surface area contributed by atoms with E-state index < -0.39 is 11.9 Å². The number of ether oxygens (including phenoxy) is 1. The number of imide groups is 1. The Balaban J connectivity index is 1.45. The van der Waals surface area contributed by atoms with Crippen LogP contribution in [0.25, 0.3) is 17.4 Å².